The minimum atomic E-state index is 0.613. The molecule has 3 aromatic rings. The van der Waals surface area contributed by atoms with E-state index < -0.39 is 0 Å². The monoisotopic (exact) mass is 365 g/mol. The highest BCUT2D eigenvalue weighted by Gasteiger charge is 2.17. The Bertz CT molecular complexity index is 871. The predicted octanol–water partition coefficient (Wildman–Crippen LogP) is 5.13. The number of rotatable bonds is 8. The summed E-state index contributed by atoms with van der Waals surface area (Å²) in [7, 11) is 0. The van der Waals surface area contributed by atoms with Crippen LogP contribution in [-0.4, -0.2) is 21.4 Å². The number of nitrogens with zero attached hydrogens (tertiary/aromatic N) is 3. The van der Waals surface area contributed by atoms with Crippen molar-refractivity contribution in [1.29, 1.82) is 0 Å². The van der Waals surface area contributed by atoms with Crippen molar-refractivity contribution in [3.05, 3.63) is 72.3 Å². The first-order chi connectivity index (χ1) is 12.7. The molecule has 2 aromatic carbocycles. The minimum absolute atomic E-state index is 0.613. The van der Waals surface area contributed by atoms with E-state index in [0.717, 1.165) is 28.0 Å². The van der Waals surface area contributed by atoms with Gasteiger partial charge in [0.05, 0.1) is 12.2 Å². The summed E-state index contributed by atoms with van der Waals surface area (Å²) in [6.45, 7) is 9.22. The van der Waals surface area contributed by atoms with E-state index in [4.69, 9.17) is 4.74 Å². The Morgan fingerprint density at radius 2 is 1.88 bits per heavy atom. The van der Waals surface area contributed by atoms with Gasteiger partial charge in [-0.1, -0.05) is 59.8 Å². The van der Waals surface area contributed by atoms with Crippen LogP contribution in [0.1, 0.15) is 18.1 Å². The quantitative estimate of drug-likeness (QED) is 0.410. The highest BCUT2D eigenvalue weighted by molar-refractivity contribution is 7.98. The number of aryl methyl sites for hydroxylation is 1. The van der Waals surface area contributed by atoms with Crippen LogP contribution in [0.4, 0.5) is 0 Å². The van der Waals surface area contributed by atoms with Gasteiger partial charge < -0.3 is 4.74 Å². The molecular formula is C21H23N3OS. The van der Waals surface area contributed by atoms with Gasteiger partial charge in [-0.05, 0) is 31.5 Å². The molecule has 0 bridgehead atoms. The third-order valence-electron chi connectivity index (χ3n) is 3.94. The first-order valence-electron chi connectivity index (χ1n) is 8.67. The highest BCUT2D eigenvalue weighted by Crippen LogP contribution is 2.32. The molecule has 0 atom stereocenters. The summed E-state index contributed by atoms with van der Waals surface area (Å²) in [6, 6.07) is 16.5. The zero-order chi connectivity index (χ0) is 18.4. The molecule has 1 aromatic heterocycles. The van der Waals surface area contributed by atoms with Gasteiger partial charge in [0.25, 0.3) is 0 Å². The first kappa shape index (κ1) is 18.3. The van der Waals surface area contributed by atoms with E-state index in [1.807, 2.05) is 37.3 Å². The normalized spacial score (nSPS) is 10.7. The Morgan fingerprint density at radius 1 is 1.12 bits per heavy atom. The zero-order valence-electron chi connectivity index (χ0n) is 15.2. The fourth-order valence-electron chi connectivity index (χ4n) is 2.65. The molecular weight excluding hydrogens is 342 g/mol. The molecule has 0 aliphatic rings. The molecule has 1 heterocycles. The van der Waals surface area contributed by atoms with Gasteiger partial charge in [0, 0.05) is 12.3 Å². The highest BCUT2D eigenvalue weighted by atomic mass is 32.2. The first-order valence-corrected chi connectivity index (χ1v) is 9.66. The van der Waals surface area contributed by atoms with E-state index in [2.05, 4.69) is 52.5 Å². The molecule has 0 aliphatic carbocycles. The fourth-order valence-corrected chi connectivity index (χ4v) is 3.56. The second kappa shape index (κ2) is 8.72. The minimum Gasteiger partial charge on any atom is -0.493 e. The van der Waals surface area contributed by atoms with Gasteiger partial charge in [0.15, 0.2) is 11.0 Å². The summed E-state index contributed by atoms with van der Waals surface area (Å²) >= 11 is 1.68. The Hall–Kier alpha value is -2.53. The maximum atomic E-state index is 5.76. The standard InChI is InChI=1S/C21H23N3OS/c1-4-14-24-20(18-8-6-7-9-19(18)25-5-2)22-23-21(24)26-15-17-12-10-16(3)11-13-17/h4,6-13H,1,5,14-15H2,2-3H3. The van der Waals surface area contributed by atoms with Crippen molar-refractivity contribution in [2.24, 2.45) is 0 Å². The van der Waals surface area contributed by atoms with Crippen LogP contribution in [-0.2, 0) is 12.3 Å². The lowest BCUT2D eigenvalue weighted by Gasteiger charge is -2.11. The topological polar surface area (TPSA) is 39.9 Å². The number of ether oxygens (including phenoxy) is 1. The van der Waals surface area contributed by atoms with E-state index in [0.29, 0.717) is 13.2 Å². The van der Waals surface area contributed by atoms with Gasteiger partial charge in [0.2, 0.25) is 0 Å². The average Bonchev–Trinajstić information content (AvgIpc) is 3.05. The number of allylic oxidation sites excluding steroid dienone is 1. The molecule has 0 aliphatic heterocycles. The molecule has 3 rings (SSSR count). The average molecular weight is 366 g/mol. The molecule has 4 nitrogen and oxygen atoms in total. The SMILES string of the molecule is C=CCn1c(SCc2ccc(C)cc2)nnc1-c1ccccc1OCC. The van der Waals surface area contributed by atoms with Crippen LogP contribution in [0, 0.1) is 6.92 Å². The predicted molar refractivity (Wildman–Crippen MR) is 108 cm³/mol. The van der Waals surface area contributed by atoms with Crippen molar-refractivity contribution < 1.29 is 4.74 Å². The third-order valence-corrected chi connectivity index (χ3v) is 4.98. The fraction of sp³-hybridized carbons (Fsp3) is 0.238. The van der Waals surface area contributed by atoms with Gasteiger partial charge in [0.1, 0.15) is 5.75 Å². The van der Waals surface area contributed by atoms with E-state index >= 15 is 0 Å². The van der Waals surface area contributed by atoms with Crippen LogP contribution >= 0.6 is 11.8 Å². The maximum absolute atomic E-state index is 5.76. The number of para-hydroxylation sites is 1. The number of hydrogen-bond acceptors (Lipinski definition) is 4. The van der Waals surface area contributed by atoms with E-state index in [1.165, 1.54) is 11.1 Å². The van der Waals surface area contributed by atoms with Crippen molar-refractivity contribution in [2.75, 3.05) is 6.61 Å². The van der Waals surface area contributed by atoms with Gasteiger partial charge in [-0.3, -0.25) is 4.57 Å². The second-order valence-electron chi connectivity index (χ2n) is 5.91. The van der Waals surface area contributed by atoms with Crippen molar-refractivity contribution in [2.45, 2.75) is 31.3 Å². The number of hydrogen-bond donors (Lipinski definition) is 0. The Morgan fingerprint density at radius 3 is 2.62 bits per heavy atom. The molecule has 0 unspecified atom stereocenters. The van der Waals surface area contributed by atoms with Crippen LogP contribution in [0.5, 0.6) is 5.75 Å². The van der Waals surface area contributed by atoms with Crippen LogP contribution in [0.25, 0.3) is 11.4 Å². The van der Waals surface area contributed by atoms with Gasteiger partial charge in [-0.25, -0.2) is 0 Å². The van der Waals surface area contributed by atoms with Gasteiger partial charge >= 0.3 is 0 Å². The van der Waals surface area contributed by atoms with E-state index in [9.17, 15) is 0 Å². The molecule has 0 N–H and O–H groups in total. The molecule has 134 valence electrons. The zero-order valence-corrected chi connectivity index (χ0v) is 16.0. The molecule has 0 fully saturated rings. The molecule has 0 saturated carbocycles. The van der Waals surface area contributed by atoms with Crippen LogP contribution in [0.3, 0.4) is 0 Å². The summed E-state index contributed by atoms with van der Waals surface area (Å²) in [5, 5.41) is 9.74. The summed E-state index contributed by atoms with van der Waals surface area (Å²) in [5.74, 6) is 2.48. The molecule has 26 heavy (non-hydrogen) atoms. The number of benzene rings is 2. The lowest BCUT2D eigenvalue weighted by atomic mass is 10.2. The molecule has 5 heteroatoms. The molecule has 0 saturated heterocycles. The van der Waals surface area contributed by atoms with Crippen molar-refractivity contribution in [3.63, 3.8) is 0 Å². The van der Waals surface area contributed by atoms with Crippen LogP contribution in [0.2, 0.25) is 0 Å². The van der Waals surface area contributed by atoms with Gasteiger partial charge in [-0.2, -0.15) is 0 Å². The van der Waals surface area contributed by atoms with Crippen LogP contribution in [0.15, 0.2) is 66.3 Å². The van der Waals surface area contributed by atoms with Gasteiger partial charge in [-0.15, -0.1) is 16.8 Å². The van der Waals surface area contributed by atoms with Crippen molar-refractivity contribution >= 4 is 11.8 Å². The summed E-state index contributed by atoms with van der Waals surface area (Å²) in [4.78, 5) is 0. The van der Waals surface area contributed by atoms with Crippen molar-refractivity contribution in [1.82, 2.24) is 14.8 Å². The van der Waals surface area contributed by atoms with Crippen LogP contribution < -0.4 is 4.74 Å². The summed E-state index contributed by atoms with van der Waals surface area (Å²) < 4.78 is 7.85. The Balaban J connectivity index is 1.89. The Kier molecular flexibility index (Phi) is 6.12. The second-order valence-corrected chi connectivity index (χ2v) is 6.85. The molecule has 0 radical (unpaired) electrons. The molecule has 0 amide bonds. The lowest BCUT2D eigenvalue weighted by molar-refractivity contribution is 0.341. The largest absolute Gasteiger partial charge is 0.493 e. The summed E-state index contributed by atoms with van der Waals surface area (Å²) in [6.07, 6.45) is 1.87. The lowest BCUT2D eigenvalue weighted by Crippen LogP contribution is -2.02. The van der Waals surface area contributed by atoms with Crippen molar-refractivity contribution in [3.8, 4) is 17.1 Å². The molecule has 0 spiro atoms. The van der Waals surface area contributed by atoms with E-state index in [-0.39, 0.29) is 0 Å². The number of aromatic nitrogens is 3. The Labute approximate surface area is 158 Å². The smallest absolute Gasteiger partial charge is 0.192 e. The number of thioether (sulfide) groups is 1. The maximum Gasteiger partial charge on any atom is 0.192 e. The third kappa shape index (κ3) is 4.17. The summed E-state index contributed by atoms with van der Waals surface area (Å²) in [5.41, 5.74) is 3.49. The van der Waals surface area contributed by atoms with E-state index in [1.54, 1.807) is 11.8 Å².